The summed E-state index contributed by atoms with van der Waals surface area (Å²) in [4.78, 5) is 25.5. The highest BCUT2D eigenvalue weighted by Gasteiger charge is 2.53. The molecule has 22 heavy (non-hydrogen) atoms. The second kappa shape index (κ2) is 5.74. The van der Waals surface area contributed by atoms with Gasteiger partial charge in [0.2, 0.25) is 5.91 Å². The number of thioether (sulfide) groups is 1. The largest absolute Gasteiger partial charge is 0.459 e. The van der Waals surface area contributed by atoms with Crippen LogP contribution in [0.5, 0.6) is 0 Å². The second-order valence-electron chi connectivity index (χ2n) is 5.57. The maximum Gasteiger partial charge on any atom is 0.330 e. The highest BCUT2D eigenvalue weighted by atomic mass is 35.5. The summed E-state index contributed by atoms with van der Waals surface area (Å²) in [5.74, 6) is -0.543. The molecule has 4 nitrogen and oxygen atoms in total. The van der Waals surface area contributed by atoms with Crippen molar-refractivity contribution in [3.8, 4) is 0 Å². The zero-order chi connectivity index (χ0) is 15.9. The van der Waals surface area contributed by atoms with Crippen LogP contribution in [0.2, 0.25) is 5.02 Å². The lowest BCUT2D eigenvalue weighted by molar-refractivity contribution is -0.154. The fraction of sp³-hybridized carbons (Fsp3) is 0.467. The third-order valence-corrected chi connectivity index (χ3v) is 6.00. The van der Waals surface area contributed by atoms with Crippen LogP contribution in [0, 0.1) is 5.82 Å². The molecule has 2 fully saturated rings. The predicted molar refractivity (Wildman–Crippen MR) is 81.9 cm³/mol. The Labute approximate surface area is 136 Å². The molecule has 0 unspecified atom stereocenters. The summed E-state index contributed by atoms with van der Waals surface area (Å²) in [5.41, 5.74) is 0.152. The van der Waals surface area contributed by atoms with Crippen molar-refractivity contribution in [1.29, 1.82) is 0 Å². The first-order valence-electron chi connectivity index (χ1n) is 6.98. The van der Waals surface area contributed by atoms with Crippen LogP contribution in [0.3, 0.4) is 0 Å². The molecule has 1 amide bonds. The van der Waals surface area contributed by atoms with E-state index in [0.717, 1.165) is 6.42 Å². The maximum absolute atomic E-state index is 13.7. The van der Waals surface area contributed by atoms with Gasteiger partial charge in [0.1, 0.15) is 18.5 Å². The van der Waals surface area contributed by atoms with Gasteiger partial charge in [0.05, 0.1) is 9.89 Å². The number of carbonyl (C=O) groups is 2. The van der Waals surface area contributed by atoms with Gasteiger partial charge in [-0.1, -0.05) is 17.7 Å². The molecule has 118 valence electrons. The molecule has 0 aliphatic carbocycles. The Bertz CT molecular complexity index is 621. The molecule has 0 radical (unpaired) electrons. The van der Waals surface area contributed by atoms with Gasteiger partial charge in [-0.3, -0.25) is 4.79 Å². The topological polar surface area (TPSA) is 46.6 Å². The summed E-state index contributed by atoms with van der Waals surface area (Å²) in [7, 11) is 0. The van der Waals surface area contributed by atoms with E-state index < -0.39 is 17.8 Å². The Morgan fingerprint density at radius 3 is 3.09 bits per heavy atom. The number of ether oxygens (including phenoxy) is 1. The molecular formula is C15H15ClFNO3S. The molecule has 1 aromatic carbocycles. The zero-order valence-corrected chi connectivity index (χ0v) is 13.5. The minimum Gasteiger partial charge on any atom is -0.459 e. The molecule has 0 saturated carbocycles. The van der Waals surface area contributed by atoms with E-state index in [1.807, 2.05) is 6.92 Å². The van der Waals surface area contributed by atoms with Gasteiger partial charge in [-0.25, -0.2) is 9.18 Å². The lowest BCUT2D eigenvalue weighted by atomic mass is 10.2. The van der Waals surface area contributed by atoms with Crippen LogP contribution < -0.4 is 0 Å². The van der Waals surface area contributed by atoms with Gasteiger partial charge in [0.15, 0.2) is 0 Å². The van der Waals surface area contributed by atoms with E-state index in [9.17, 15) is 14.0 Å². The Morgan fingerprint density at radius 1 is 1.59 bits per heavy atom. The van der Waals surface area contributed by atoms with Crippen molar-refractivity contribution >= 4 is 35.2 Å². The molecule has 0 N–H and O–H groups in total. The van der Waals surface area contributed by atoms with Crippen LogP contribution in [-0.2, 0) is 20.9 Å². The van der Waals surface area contributed by atoms with Gasteiger partial charge >= 0.3 is 5.97 Å². The summed E-state index contributed by atoms with van der Waals surface area (Å²) in [6, 6.07) is 3.70. The average molecular weight is 344 g/mol. The van der Waals surface area contributed by atoms with Crippen LogP contribution in [0.4, 0.5) is 4.39 Å². The number of halogens is 2. The van der Waals surface area contributed by atoms with E-state index in [1.165, 1.54) is 12.1 Å². The van der Waals surface area contributed by atoms with E-state index in [-0.39, 0.29) is 28.0 Å². The van der Waals surface area contributed by atoms with Crippen molar-refractivity contribution in [1.82, 2.24) is 4.90 Å². The summed E-state index contributed by atoms with van der Waals surface area (Å²) < 4.78 is 18.9. The zero-order valence-electron chi connectivity index (χ0n) is 12.0. The molecule has 1 aromatic rings. The van der Waals surface area contributed by atoms with Gasteiger partial charge in [-0.05, 0) is 25.5 Å². The van der Waals surface area contributed by atoms with Crippen molar-refractivity contribution < 1.29 is 18.7 Å². The van der Waals surface area contributed by atoms with Gasteiger partial charge < -0.3 is 9.64 Å². The van der Waals surface area contributed by atoms with E-state index in [1.54, 1.807) is 22.7 Å². The van der Waals surface area contributed by atoms with Crippen LogP contribution >= 0.6 is 23.4 Å². The van der Waals surface area contributed by atoms with Crippen LogP contribution in [-0.4, -0.2) is 33.4 Å². The van der Waals surface area contributed by atoms with Crippen molar-refractivity contribution in [2.24, 2.45) is 0 Å². The SMILES string of the molecule is C[C@]12CCC(=O)N1[C@H](C(=O)OCc1c(F)cccc1Cl)CS2. The molecule has 0 aromatic heterocycles. The number of fused-ring (bicyclic) bond motifs is 1. The molecule has 3 rings (SSSR count). The molecule has 0 spiro atoms. The molecular weight excluding hydrogens is 329 g/mol. The number of esters is 1. The highest BCUT2D eigenvalue weighted by Crippen LogP contribution is 2.47. The Hall–Kier alpha value is -1.27. The molecule has 2 aliphatic rings. The number of rotatable bonds is 3. The monoisotopic (exact) mass is 343 g/mol. The number of amides is 1. The van der Waals surface area contributed by atoms with Crippen molar-refractivity contribution in [3.63, 3.8) is 0 Å². The van der Waals surface area contributed by atoms with Crippen molar-refractivity contribution in [2.45, 2.75) is 37.3 Å². The highest BCUT2D eigenvalue weighted by molar-refractivity contribution is 8.01. The molecule has 2 atom stereocenters. The fourth-order valence-electron chi connectivity index (χ4n) is 2.90. The van der Waals surface area contributed by atoms with Gasteiger partial charge in [0.25, 0.3) is 0 Å². The number of hydrogen-bond acceptors (Lipinski definition) is 4. The summed E-state index contributed by atoms with van der Waals surface area (Å²) in [5, 5.41) is 0.218. The first kappa shape index (κ1) is 15.6. The normalized spacial score (nSPS) is 27.1. The maximum atomic E-state index is 13.7. The van der Waals surface area contributed by atoms with Gasteiger partial charge in [0, 0.05) is 17.7 Å². The lowest BCUT2D eigenvalue weighted by Crippen LogP contribution is -2.46. The smallest absolute Gasteiger partial charge is 0.330 e. The minimum absolute atomic E-state index is 0.0293. The van der Waals surface area contributed by atoms with Crippen molar-refractivity contribution in [3.05, 3.63) is 34.6 Å². The van der Waals surface area contributed by atoms with Crippen LogP contribution in [0.1, 0.15) is 25.3 Å². The molecule has 0 bridgehead atoms. The standard InChI is InChI=1S/C15H15ClFNO3S/c1-15-6-5-13(19)18(15)12(8-22-15)14(20)21-7-9-10(16)3-2-4-11(9)17/h2-4,12H,5-8H2,1H3/t12-,15-/m0/s1. The van der Waals surface area contributed by atoms with Gasteiger partial charge in [-0.15, -0.1) is 11.8 Å². The van der Waals surface area contributed by atoms with E-state index in [4.69, 9.17) is 16.3 Å². The number of nitrogens with zero attached hydrogens (tertiary/aromatic N) is 1. The van der Waals surface area contributed by atoms with E-state index >= 15 is 0 Å². The lowest BCUT2D eigenvalue weighted by Gasteiger charge is -2.29. The Balaban J connectivity index is 1.69. The van der Waals surface area contributed by atoms with Crippen LogP contribution in [0.15, 0.2) is 18.2 Å². The van der Waals surface area contributed by atoms with E-state index in [2.05, 4.69) is 0 Å². The Kier molecular flexibility index (Phi) is 4.07. The predicted octanol–water partition coefficient (Wildman–Crippen LogP) is 2.98. The van der Waals surface area contributed by atoms with E-state index in [0.29, 0.717) is 12.2 Å². The summed E-state index contributed by atoms with van der Waals surface area (Å²) in [6.45, 7) is 1.73. The Morgan fingerprint density at radius 2 is 2.36 bits per heavy atom. The van der Waals surface area contributed by atoms with Gasteiger partial charge in [-0.2, -0.15) is 0 Å². The first-order chi connectivity index (χ1) is 10.4. The fourth-order valence-corrected chi connectivity index (χ4v) is 4.54. The summed E-state index contributed by atoms with van der Waals surface area (Å²) >= 11 is 7.49. The molecule has 2 heterocycles. The first-order valence-corrected chi connectivity index (χ1v) is 8.34. The average Bonchev–Trinajstić information content (AvgIpc) is 2.95. The third-order valence-electron chi connectivity index (χ3n) is 4.14. The number of hydrogen-bond donors (Lipinski definition) is 0. The number of benzene rings is 1. The molecule has 7 heteroatoms. The second-order valence-corrected chi connectivity index (χ2v) is 7.48. The summed E-state index contributed by atoms with van der Waals surface area (Å²) in [6.07, 6.45) is 1.19. The van der Waals surface area contributed by atoms with Crippen molar-refractivity contribution in [2.75, 3.05) is 5.75 Å². The minimum atomic E-state index is -0.601. The quantitative estimate of drug-likeness (QED) is 0.792. The van der Waals surface area contributed by atoms with Crippen LogP contribution in [0.25, 0.3) is 0 Å². The number of carbonyl (C=O) groups excluding carboxylic acids is 2. The molecule has 2 aliphatic heterocycles. The molecule has 2 saturated heterocycles. The third kappa shape index (κ3) is 2.58.